The van der Waals surface area contributed by atoms with Crippen LogP contribution >= 0.6 is 0 Å². The molecule has 2 aromatic heterocycles. The second kappa shape index (κ2) is 3.13. The molecule has 0 fully saturated rings. The quantitative estimate of drug-likeness (QED) is 0.653. The first-order valence-electron chi connectivity index (χ1n) is 5.04. The van der Waals surface area contributed by atoms with E-state index < -0.39 is 0 Å². The molecule has 3 N–H and O–H groups in total. The van der Waals surface area contributed by atoms with Gasteiger partial charge in [0.05, 0.1) is 12.0 Å². The van der Waals surface area contributed by atoms with Crippen LogP contribution < -0.4 is 5.73 Å². The first-order valence-corrected chi connectivity index (χ1v) is 5.04. The molecule has 0 saturated heterocycles. The topological polar surface area (TPSA) is 67.8 Å². The van der Waals surface area contributed by atoms with E-state index in [1.54, 1.807) is 12.3 Å². The van der Waals surface area contributed by atoms with Gasteiger partial charge in [-0.2, -0.15) is 5.10 Å². The van der Waals surface area contributed by atoms with Crippen molar-refractivity contribution in [1.82, 2.24) is 10.2 Å². The zero-order valence-electron chi connectivity index (χ0n) is 8.82. The number of rotatable bonds is 1. The Labute approximate surface area is 92.1 Å². The Morgan fingerprint density at radius 1 is 1.38 bits per heavy atom. The summed E-state index contributed by atoms with van der Waals surface area (Å²) in [6, 6.07) is 7.82. The van der Waals surface area contributed by atoms with E-state index in [4.69, 9.17) is 10.2 Å². The lowest BCUT2D eigenvalue weighted by Gasteiger charge is -1.98. The van der Waals surface area contributed by atoms with Gasteiger partial charge in [-0.25, -0.2) is 0 Å². The fraction of sp³-hybridized carbons (Fsp3) is 0.0833. The van der Waals surface area contributed by atoms with Crippen LogP contribution in [0.5, 0.6) is 0 Å². The lowest BCUT2D eigenvalue weighted by molar-refractivity contribution is 0.614. The van der Waals surface area contributed by atoms with Crippen molar-refractivity contribution in [2.75, 3.05) is 5.73 Å². The Kier molecular flexibility index (Phi) is 1.77. The minimum absolute atomic E-state index is 0.482. The summed E-state index contributed by atoms with van der Waals surface area (Å²) in [5.41, 5.74) is 9.44. The molecule has 3 aromatic rings. The lowest BCUT2D eigenvalue weighted by atomic mass is 10.1. The van der Waals surface area contributed by atoms with Gasteiger partial charge in [-0.15, -0.1) is 0 Å². The highest BCUT2D eigenvalue weighted by molar-refractivity contribution is 5.93. The SMILES string of the molecule is Cc1coc2c(-c3cc(N)n[nH]3)cccc12. The Morgan fingerprint density at radius 3 is 3.00 bits per heavy atom. The lowest BCUT2D eigenvalue weighted by Crippen LogP contribution is -1.81. The van der Waals surface area contributed by atoms with Crippen LogP contribution in [0.4, 0.5) is 5.82 Å². The number of aromatic nitrogens is 2. The maximum Gasteiger partial charge on any atom is 0.145 e. The number of hydrogen-bond donors (Lipinski definition) is 2. The van der Waals surface area contributed by atoms with Crippen LogP contribution in [0.2, 0.25) is 0 Å². The van der Waals surface area contributed by atoms with Crippen LogP contribution in [0, 0.1) is 6.92 Å². The highest BCUT2D eigenvalue weighted by Gasteiger charge is 2.10. The van der Waals surface area contributed by atoms with Crippen molar-refractivity contribution in [3.63, 3.8) is 0 Å². The van der Waals surface area contributed by atoms with Gasteiger partial charge in [-0.3, -0.25) is 5.10 Å². The number of nitrogens with zero attached hydrogens (tertiary/aromatic N) is 1. The molecule has 80 valence electrons. The molecule has 2 heterocycles. The number of furan rings is 1. The van der Waals surface area contributed by atoms with E-state index in [-0.39, 0.29) is 0 Å². The highest BCUT2D eigenvalue weighted by Crippen LogP contribution is 2.30. The Bertz CT molecular complexity index is 651. The molecule has 0 aliphatic heterocycles. The second-order valence-electron chi connectivity index (χ2n) is 3.81. The van der Waals surface area contributed by atoms with E-state index in [9.17, 15) is 0 Å². The van der Waals surface area contributed by atoms with Gasteiger partial charge >= 0.3 is 0 Å². The summed E-state index contributed by atoms with van der Waals surface area (Å²) in [4.78, 5) is 0. The molecule has 0 amide bonds. The maximum atomic E-state index is 5.59. The fourth-order valence-corrected chi connectivity index (χ4v) is 1.87. The standard InChI is InChI=1S/C12H11N3O/c1-7-6-16-12-8(7)3-2-4-9(12)10-5-11(13)15-14-10/h2-6H,1H3,(H3,13,14,15). The summed E-state index contributed by atoms with van der Waals surface area (Å²) < 4.78 is 5.55. The molecule has 0 aliphatic carbocycles. The maximum absolute atomic E-state index is 5.59. The molecule has 1 aromatic carbocycles. The van der Waals surface area contributed by atoms with Crippen LogP contribution in [-0.4, -0.2) is 10.2 Å². The van der Waals surface area contributed by atoms with Gasteiger partial charge in [0, 0.05) is 17.0 Å². The van der Waals surface area contributed by atoms with Crippen LogP contribution in [0.15, 0.2) is 34.9 Å². The Hall–Kier alpha value is -2.23. The second-order valence-corrected chi connectivity index (χ2v) is 3.81. The number of anilines is 1. The minimum atomic E-state index is 0.482. The number of H-pyrrole nitrogens is 1. The number of nitrogens with one attached hydrogen (secondary N) is 1. The summed E-state index contributed by atoms with van der Waals surface area (Å²) in [5, 5.41) is 7.92. The van der Waals surface area contributed by atoms with Gasteiger partial charge in [0.2, 0.25) is 0 Å². The van der Waals surface area contributed by atoms with E-state index in [2.05, 4.69) is 10.2 Å². The molecular formula is C12H11N3O. The zero-order chi connectivity index (χ0) is 11.1. The van der Waals surface area contributed by atoms with E-state index in [1.807, 2.05) is 25.1 Å². The summed E-state index contributed by atoms with van der Waals surface area (Å²) in [6.07, 6.45) is 1.76. The first-order chi connectivity index (χ1) is 7.75. The van der Waals surface area contributed by atoms with Crippen LogP contribution in [0.25, 0.3) is 22.2 Å². The third kappa shape index (κ3) is 1.20. The van der Waals surface area contributed by atoms with Crippen LogP contribution in [0.1, 0.15) is 5.56 Å². The van der Waals surface area contributed by atoms with Crippen molar-refractivity contribution in [3.05, 3.63) is 36.1 Å². The average Bonchev–Trinajstić information content (AvgIpc) is 2.86. The molecule has 0 saturated carbocycles. The van der Waals surface area contributed by atoms with Crippen molar-refractivity contribution in [1.29, 1.82) is 0 Å². The zero-order valence-corrected chi connectivity index (χ0v) is 8.82. The highest BCUT2D eigenvalue weighted by atomic mass is 16.3. The molecule has 3 rings (SSSR count). The van der Waals surface area contributed by atoms with E-state index >= 15 is 0 Å². The largest absolute Gasteiger partial charge is 0.463 e. The predicted octanol–water partition coefficient (Wildman–Crippen LogP) is 2.71. The number of para-hydroxylation sites is 1. The molecule has 4 nitrogen and oxygen atoms in total. The van der Waals surface area contributed by atoms with Gasteiger partial charge in [0.1, 0.15) is 11.4 Å². The third-order valence-electron chi connectivity index (χ3n) is 2.68. The van der Waals surface area contributed by atoms with E-state index in [1.165, 1.54) is 0 Å². The van der Waals surface area contributed by atoms with Crippen molar-refractivity contribution in [2.24, 2.45) is 0 Å². The average molecular weight is 213 g/mol. The summed E-state index contributed by atoms with van der Waals surface area (Å²) in [6.45, 7) is 2.02. The fourth-order valence-electron chi connectivity index (χ4n) is 1.87. The van der Waals surface area contributed by atoms with Crippen molar-refractivity contribution in [3.8, 4) is 11.3 Å². The van der Waals surface area contributed by atoms with Crippen LogP contribution in [-0.2, 0) is 0 Å². The summed E-state index contributed by atoms with van der Waals surface area (Å²) in [5.74, 6) is 0.482. The summed E-state index contributed by atoms with van der Waals surface area (Å²) in [7, 11) is 0. The Balaban J connectivity index is 2.31. The van der Waals surface area contributed by atoms with Crippen LogP contribution in [0.3, 0.4) is 0 Å². The molecular weight excluding hydrogens is 202 g/mol. The van der Waals surface area contributed by atoms with E-state index in [0.29, 0.717) is 5.82 Å². The molecule has 4 heteroatoms. The number of aromatic amines is 1. The molecule has 0 aliphatic rings. The van der Waals surface area contributed by atoms with Gasteiger partial charge < -0.3 is 10.2 Å². The first kappa shape index (κ1) is 9.03. The van der Waals surface area contributed by atoms with E-state index in [0.717, 1.165) is 27.8 Å². The Morgan fingerprint density at radius 2 is 2.25 bits per heavy atom. The molecule has 0 bridgehead atoms. The normalized spacial score (nSPS) is 11.1. The van der Waals surface area contributed by atoms with Crippen molar-refractivity contribution < 1.29 is 4.42 Å². The number of nitrogens with two attached hydrogens (primary N) is 1. The molecule has 0 radical (unpaired) electrons. The third-order valence-corrected chi connectivity index (χ3v) is 2.68. The smallest absolute Gasteiger partial charge is 0.145 e. The molecule has 0 spiro atoms. The van der Waals surface area contributed by atoms with Crippen molar-refractivity contribution in [2.45, 2.75) is 6.92 Å². The minimum Gasteiger partial charge on any atom is -0.463 e. The van der Waals surface area contributed by atoms with Crippen molar-refractivity contribution >= 4 is 16.8 Å². The number of aryl methyl sites for hydroxylation is 1. The molecule has 0 unspecified atom stereocenters. The van der Waals surface area contributed by atoms with Gasteiger partial charge in [-0.05, 0) is 18.6 Å². The van der Waals surface area contributed by atoms with Gasteiger partial charge in [0.15, 0.2) is 0 Å². The number of benzene rings is 1. The number of hydrogen-bond acceptors (Lipinski definition) is 3. The van der Waals surface area contributed by atoms with Gasteiger partial charge in [0.25, 0.3) is 0 Å². The molecule has 0 atom stereocenters. The predicted molar refractivity (Wildman–Crippen MR) is 62.9 cm³/mol. The summed E-state index contributed by atoms with van der Waals surface area (Å²) >= 11 is 0. The molecule has 16 heavy (non-hydrogen) atoms. The van der Waals surface area contributed by atoms with Gasteiger partial charge in [-0.1, -0.05) is 12.1 Å². The number of nitrogen functional groups attached to an aromatic ring is 1. The monoisotopic (exact) mass is 213 g/mol. The number of fused-ring (bicyclic) bond motifs is 1.